The number of hydrogen-bond acceptors (Lipinski definition) is 6. The molecule has 0 bridgehead atoms. The molecule has 8 nitrogen and oxygen atoms in total. The van der Waals surface area contributed by atoms with Crippen LogP contribution in [0.1, 0.15) is 20.8 Å². The van der Waals surface area contributed by atoms with E-state index in [4.69, 9.17) is 32.9 Å². The van der Waals surface area contributed by atoms with Crippen molar-refractivity contribution in [2.75, 3.05) is 25.5 Å². The van der Waals surface area contributed by atoms with Crippen LogP contribution >= 0.6 is 35.0 Å². The van der Waals surface area contributed by atoms with Crippen LogP contribution in [0, 0.1) is 0 Å². The fourth-order valence-electron chi connectivity index (χ4n) is 4.07. The maximum absolute atomic E-state index is 13.2. The van der Waals surface area contributed by atoms with E-state index in [9.17, 15) is 13.2 Å². The van der Waals surface area contributed by atoms with Gasteiger partial charge in [0.2, 0.25) is 15.9 Å². The Kier molecular flexibility index (Phi) is 9.13. The Morgan fingerprint density at radius 1 is 1.10 bits per heavy atom. The number of halogens is 2. The number of nitrogens with one attached hydrogen (secondary N) is 1. The molecule has 39 heavy (non-hydrogen) atoms. The number of hydrogen-bond donors (Lipinski definition) is 1. The summed E-state index contributed by atoms with van der Waals surface area (Å²) in [4.78, 5) is 18.0. The predicted molar refractivity (Wildman–Crippen MR) is 158 cm³/mol. The summed E-state index contributed by atoms with van der Waals surface area (Å²) >= 11 is 13.4. The lowest BCUT2D eigenvalue weighted by atomic mass is 10.2. The molecule has 12 heteroatoms. The number of thioether (sulfide) groups is 1. The monoisotopic (exact) mass is 606 g/mol. The molecule has 1 aromatic heterocycles. The topological polar surface area (TPSA) is 93.5 Å². The van der Waals surface area contributed by atoms with Crippen molar-refractivity contribution in [3.8, 4) is 11.4 Å². The van der Waals surface area contributed by atoms with Crippen molar-refractivity contribution in [1.29, 1.82) is 0 Å². The number of carbonyl (C=O) groups excluding carboxylic acids is 1. The van der Waals surface area contributed by atoms with Gasteiger partial charge in [-0.15, -0.1) is 0 Å². The number of ether oxygens (including phenoxy) is 1. The first kappa shape index (κ1) is 29.2. The summed E-state index contributed by atoms with van der Waals surface area (Å²) in [5.74, 6) is 0.316. The highest BCUT2D eigenvalue weighted by atomic mass is 35.5. The molecule has 206 valence electrons. The quantitative estimate of drug-likeness (QED) is 0.207. The van der Waals surface area contributed by atoms with Crippen LogP contribution < -0.4 is 10.1 Å². The summed E-state index contributed by atoms with van der Waals surface area (Å²) in [5, 5.41) is 3.54. The number of rotatable bonds is 10. The number of carbonyl (C=O) groups is 1. The summed E-state index contributed by atoms with van der Waals surface area (Å²) in [7, 11) is -2.11. The van der Waals surface area contributed by atoms with Gasteiger partial charge in [-0.1, -0.05) is 60.9 Å². The molecule has 1 heterocycles. The predicted octanol–water partition coefficient (Wildman–Crippen LogP) is 6.49. The molecular weight excluding hydrogens is 579 g/mol. The normalized spacial score (nSPS) is 12.6. The van der Waals surface area contributed by atoms with Crippen LogP contribution in [0.4, 0.5) is 5.69 Å². The molecule has 4 rings (SSSR count). The van der Waals surface area contributed by atoms with Gasteiger partial charge in [0.25, 0.3) is 0 Å². The maximum Gasteiger partial charge on any atom is 0.243 e. The molecule has 1 amide bonds. The molecule has 0 fully saturated rings. The van der Waals surface area contributed by atoms with Crippen molar-refractivity contribution in [3.05, 3.63) is 70.7 Å². The Morgan fingerprint density at radius 2 is 1.82 bits per heavy atom. The van der Waals surface area contributed by atoms with Gasteiger partial charge in [0.05, 0.1) is 44.7 Å². The molecule has 1 N–H and O–H groups in total. The number of nitrogens with zero attached hydrogens (tertiary/aromatic N) is 3. The Hall–Kier alpha value is -2.76. The lowest BCUT2D eigenvalue weighted by Crippen LogP contribution is -2.30. The van der Waals surface area contributed by atoms with Crippen molar-refractivity contribution < 1.29 is 17.9 Å². The van der Waals surface area contributed by atoms with Crippen molar-refractivity contribution in [1.82, 2.24) is 13.9 Å². The van der Waals surface area contributed by atoms with Crippen molar-refractivity contribution >= 4 is 67.6 Å². The summed E-state index contributed by atoms with van der Waals surface area (Å²) in [6, 6.07) is 17.2. The second-order valence-corrected chi connectivity index (χ2v) is 12.6. The average molecular weight is 608 g/mol. The summed E-state index contributed by atoms with van der Waals surface area (Å²) in [6.45, 7) is 6.07. The summed E-state index contributed by atoms with van der Waals surface area (Å²) < 4.78 is 35.2. The third-order valence-corrected chi connectivity index (χ3v) is 9.75. The molecule has 4 aromatic rings. The van der Waals surface area contributed by atoms with Crippen LogP contribution in [0.25, 0.3) is 16.7 Å². The van der Waals surface area contributed by atoms with E-state index in [2.05, 4.69) is 5.32 Å². The Bertz CT molecular complexity index is 1620. The van der Waals surface area contributed by atoms with Crippen LogP contribution in [0.15, 0.2) is 70.7 Å². The van der Waals surface area contributed by atoms with E-state index in [0.717, 1.165) is 0 Å². The molecule has 0 saturated carbocycles. The lowest BCUT2D eigenvalue weighted by Gasteiger charge is -2.18. The highest BCUT2D eigenvalue weighted by Gasteiger charge is 2.26. The van der Waals surface area contributed by atoms with Crippen molar-refractivity contribution in [3.63, 3.8) is 0 Å². The number of para-hydroxylation sites is 2. The number of sulfonamides is 1. The molecule has 1 unspecified atom stereocenters. The smallest absolute Gasteiger partial charge is 0.243 e. The first-order valence-corrected chi connectivity index (χ1v) is 15.3. The van der Waals surface area contributed by atoms with E-state index in [1.807, 2.05) is 28.8 Å². The minimum atomic E-state index is -3.69. The Labute approximate surface area is 242 Å². The summed E-state index contributed by atoms with van der Waals surface area (Å²) in [5.41, 5.74) is 2.31. The van der Waals surface area contributed by atoms with Crippen molar-refractivity contribution in [2.24, 2.45) is 0 Å². The van der Waals surface area contributed by atoms with Gasteiger partial charge < -0.3 is 10.1 Å². The molecule has 0 aliphatic carbocycles. The van der Waals surface area contributed by atoms with E-state index in [1.165, 1.54) is 16.1 Å². The minimum Gasteiger partial charge on any atom is -0.495 e. The van der Waals surface area contributed by atoms with Crippen LogP contribution in [0.3, 0.4) is 0 Å². The minimum absolute atomic E-state index is 0.156. The van der Waals surface area contributed by atoms with E-state index < -0.39 is 15.3 Å². The first-order chi connectivity index (χ1) is 18.6. The Morgan fingerprint density at radius 3 is 2.49 bits per heavy atom. The molecular formula is C27H28Cl2N4O4S2. The molecule has 0 radical (unpaired) electrons. The van der Waals surface area contributed by atoms with E-state index >= 15 is 0 Å². The summed E-state index contributed by atoms with van der Waals surface area (Å²) in [6.07, 6.45) is 0. The van der Waals surface area contributed by atoms with E-state index in [1.54, 1.807) is 64.3 Å². The highest BCUT2D eigenvalue weighted by molar-refractivity contribution is 8.00. The number of methoxy groups -OCH3 is 1. The van der Waals surface area contributed by atoms with Gasteiger partial charge in [-0.3, -0.25) is 9.36 Å². The SMILES string of the molecule is CCN(CC)S(=O)(=O)c1ccc2c(c1)nc(SC(C)C(=O)Nc1ccc(Cl)cc1Cl)n2-c1ccccc1OC. The van der Waals surface area contributed by atoms with Gasteiger partial charge in [0.1, 0.15) is 5.75 Å². The molecule has 0 aliphatic heterocycles. The Balaban J connectivity index is 1.77. The number of aromatic nitrogens is 2. The second-order valence-electron chi connectivity index (χ2n) is 8.51. The third-order valence-electron chi connectivity index (χ3n) is 6.10. The van der Waals surface area contributed by atoms with Gasteiger partial charge in [-0.05, 0) is 55.5 Å². The molecule has 0 aliphatic rings. The first-order valence-electron chi connectivity index (χ1n) is 12.2. The zero-order valence-corrected chi connectivity index (χ0v) is 25.0. The number of amides is 1. The molecule has 0 spiro atoms. The maximum atomic E-state index is 13.2. The lowest BCUT2D eigenvalue weighted by molar-refractivity contribution is -0.115. The molecule has 1 atom stereocenters. The number of anilines is 1. The average Bonchev–Trinajstić information content (AvgIpc) is 3.27. The zero-order valence-electron chi connectivity index (χ0n) is 21.8. The standard InChI is InChI=1S/C27H28Cl2N4O4S2/c1-5-32(6-2)39(35,36)19-12-14-23-22(16-19)31-27(33(23)24-9-7-8-10-25(24)37-4)38-17(3)26(34)30-21-13-11-18(28)15-20(21)29/h7-17H,5-6H2,1-4H3,(H,30,34). The fourth-order valence-corrected chi connectivity index (χ4v) is 6.94. The number of fused-ring (bicyclic) bond motifs is 1. The van der Waals surface area contributed by atoms with Gasteiger partial charge in [-0.2, -0.15) is 4.31 Å². The van der Waals surface area contributed by atoms with E-state index in [-0.39, 0.29) is 10.8 Å². The zero-order chi connectivity index (χ0) is 28.3. The number of benzene rings is 3. The van der Waals surface area contributed by atoms with Crippen LogP contribution in [-0.4, -0.2) is 53.6 Å². The number of imidazole rings is 1. The molecule has 3 aromatic carbocycles. The van der Waals surface area contributed by atoms with Gasteiger partial charge in [0.15, 0.2) is 5.16 Å². The van der Waals surface area contributed by atoms with Crippen LogP contribution in [0.5, 0.6) is 5.75 Å². The van der Waals surface area contributed by atoms with E-state index in [0.29, 0.717) is 56.4 Å². The highest BCUT2D eigenvalue weighted by Crippen LogP contribution is 2.36. The van der Waals surface area contributed by atoms with Gasteiger partial charge in [-0.25, -0.2) is 13.4 Å². The second kappa shape index (κ2) is 12.2. The largest absolute Gasteiger partial charge is 0.495 e. The van der Waals surface area contributed by atoms with Crippen LogP contribution in [-0.2, 0) is 14.8 Å². The third kappa shape index (κ3) is 6.05. The van der Waals surface area contributed by atoms with Crippen LogP contribution in [0.2, 0.25) is 10.0 Å². The van der Waals surface area contributed by atoms with Crippen molar-refractivity contribution in [2.45, 2.75) is 36.1 Å². The van der Waals surface area contributed by atoms with Gasteiger partial charge in [0, 0.05) is 18.1 Å². The molecule has 0 saturated heterocycles. The fraction of sp³-hybridized carbons (Fsp3) is 0.259. The van der Waals surface area contributed by atoms with Gasteiger partial charge >= 0.3 is 0 Å².